The molecule has 8 heteroatoms. The normalized spacial score (nSPS) is 11.0. The summed E-state index contributed by atoms with van der Waals surface area (Å²) >= 11 is 0. The number of para-hydroxylation sites is 1. The maximum atomic E-state index is 12.7. The van der Waals surface area contributed by atoms with E-state index in [9.17, 15) is 18.0 Å². The third kappa shape index (κ3) is 4.27. The molecule has 2 rings (SSSR count). The molecule has 0 aromatic heterocycles. The van der Waals surface area contributed by atoms with Gasteiger partial charge in [0.25, 0.3) is 11.8 Å². The lowest BCUT2D eigenvalue weighted by atomic mass is 10.1. The van der Waals surface area contributed by atoms with E-state index in [1.807, 2.05) is 0 Å². The van der Waals surface area contributed by atoms with Gasteiger partial charge in [0.15, 0.2) is 0 Å². The van der Waals surface area contributed by atoms with Crippen LogP contribution in [-0.2, 0) is 10.0 Å². The van der Waals surface area contributed by atoms with Crippen molar-refractivity contribution in [2.75, 3.05) is 18.9 Å². The molecule has 0 saturated carbocycles. The lowest BCUT2D eigenvalue weighted by molar-refractivity contribution is 0.0964. The van der Waals surface area contributed by atoms with E-state index in [1.165, 1.54) is 19.2 Å². The molecule has 2 aromatic rings. The number of nitrogens with one attached hydrogen (secondary N) is 3. The summed E-state index contributed by atoms with van der Waals surface area (Å²) in [6, 6.07) is 10.9. The molecule has 0 bridgehead atoms. The van der Waals surface area contributed by atoms with Gasteiger partial charge in [-0.2, -0.15) is 0 Å². The fraction of sp³-hybridized carbons (Fsp3) is 0.222. The number of benzene rings is 2. The van der Waals surface area contributed by atoms with Crippen LogP contribution in [0.3, 0.4) is 0 Å². The van der Waals surface area contributed by atoms with Crippen molar-refractivity contribution in [2.24, 2.45) is 0 Å². The maximum Gasteiger partial charge on any atom is 0.255 e. The van der Waals surface area contributed by atoms with Gasteiger partial charge >= 0.3 is 0 Å². The van der Waals surface area contributed by atoms with Crippen molar-refractivity contribution in [1.82, 2.24) is 10.0 Å². The van der Waals surface area contributed by atoms with Gasteiger partial charge in [-0.15, -0.1) is 0 Å². The third-order valence-corrected chi connectivity index (χ3v) is 5.29. The molecule has 0 aliphatic rings. The van der Waals surface area contributed by atoms with E-state index < -0.39 is 15.9 Å². The van der Waals surface area contributed by atoms with E-state index in [1.54, 1.807) is 44.2 Å². The van der Waals surface area contributed by atoms with Crippen molar-refractivity contribution in [3.05, 3.63) is 59.2 Å². The second kappa shape index (κ2) is 8.11. The summed E-state index contributed by atoms with van der Waals surface area (Å²) in [5.41, 5.74) is 1.50. The van der Waals surface area contributed by atoms with Gasteiger partial charge in [-0.1, -0.05) is 25.1 Å². The summed E-state index contributed by atoms with van der Waals surface area (Å²) in [6.07, 6.45) is 0. The first-order chi connectivity index (χ1) is 12.3. The molecular weight excluding hydrogens is 354 g/mol. The molecule has 26 heavy (non-hydrogen) atoms. The van der Waals surface area contributed by atoms with Crippen LogP contribution in [0.15, 0.2) is 47.4 Å². The minimum atomic E-state index is -3.68. The van der Waals surface area contributed by atoms with Crippen molar-refractivity contribution >= 4 is 27.5 Å². The summed E-state index contributed by atoms with van der Waals surface area (Å²) in [6.45, 7) is 3.63. The maximum absolute atomic E-state index is 12.7. The Hall–Kier alpha value is -2.71. The molecule has 7 nitrogen and oxygen atoms in total. The molecule has 2 aromatic carbocycles. The molecule has 0 radical (unpaired) electrons. The highest BCUT2D eigenvalue weighted by Gasteiger charge is 2.19. The van der Waals surface area contributed by atoms with E-state index in [-0.39, 0.29) is 22.9 Å². The van der Waals surface area contributed by atoms with Gasteiger partial charge in [-0.3, -0.25) is 9.59 Å². The number of sulfonamides is 1. The Bertz CT molecular complexity index is 939. The van der Waals surface area contributed by atoms with Gasteiger partial charge in [0.2, 0.25) is 10.0 Å². The van der Waals surface area contributed by atoms with Crippen molar-refractivity contribution in [1.29, 1.82) is 0 Å². The average molecular weight is 375 g/mol. The minimum absolute atomic E-state index is 0.00897. The van der Waals surface area contributed by atoms with Crippen LogP contribution < -0.4 is 15.4 Å². The van der Waals surface area contributed by atoms with Gasteiger partial charge in [0, 0.05) is 19.2 Å². The molecule has 3 N–H and O–H groups in total. The Morgan fingerprint density at radius 1 is 1.00 bits per heavy atom. The highest BCUT2D eigenvalue weighted by atomic mass is 32.2. The van der Waals surface area contributed by atoms with Crippen LogP contribution in [0.4, 0.5) is 5.69 Å². The zero-order valence-corrected chi connectivity index (χ0v) is 15.6. The Morgan fingerprint density at radius 2 is 1.69 bits per heavy atom. The number of carbonyl (C=O) groups excluding carboxylic acids is 2. The Kier molecular flexibility index (Phi) is 6.12. The molecule has 0 spiro atoms. The third-order valence-electron chi connectivity index (χ3n) is 3.75. The van der Waals surface area contributed by atoms with E-state index in [0.717, 1.165) is 0 Å². The quantitative estimate of drug-likeness (QED) is 0.717. The minimum Gasteiger partial charge on any atom is -0.355 e. The van der Waals surface area contributed by atoms with Gasteiger partial charge in [0.1, 0.15) is 0 Å². The van der Waals surface area contributed by atoms with Crippen LogP contribution >= 0.6 is 0 Å². The van der Waals surface area contributed by atoms with E-state index in [2.05, 4.69) is 15.4 Å². The molecule has 0 aliphatic heterocycles. The Morgan fingerprint density at radius 3 is 2.35 bits per heavy atom. The fourth-order valence-corrected chi connectivity index (χ4v) is 3.47. The monoisotopic (exact) mass is 375 g/mol. The first kappa shape index (κ1) is 19.6. The van der Waals surface area contributed by atoms with Crippen molar-refractivity contribution in [2.45, 2.75) is 18.7 Å². The predicted octanol–water partition coefficient (Wildman–Crippen LogP) is 1.91. The second-order valence-electron chi connectivity index (χ2n) is 5.56. The first-order valence-corrected chi connectivity index (χ1v) is 9.51. The number of anilines is 1. The molecule has 138 valence electrons. The van der Waals surface area contributed by atoms with Gasteiger partial charge in [-0.05, 0) is 36.8 Å². The van der Waals surface area contributed by atoms with Crippen molar-refractivity contribution < 1.29 is 18.0 Å². The smallest absolute Gasteiger partial charge is 0.255 e. The summed E-state index contributed by atoms with van der Waals surface area (Å²) in [5.74, 6) is -0.825. The van der Waals surface area contributed by atoms with Crippen LogP contribution in [0.25, 0.3) is 0 Å². The molecule has 0 atom stereocenters. The largest absolute Gasteiger partial charge is 0.355 e. The molecule has 0 aliphatic carbocycles. The SMILES string of the molecule is CCNS(=O)(=O)c1ccc(C)c(C(=O)Nc2ccccc2C(=O)NC)c1. The van der Waals surface area contributed by atoms with Crippen LogP contribution in [0.2, 0.25) is 0 Å². The van der Waals surface area contributed by atoms with Gasteiger partial charge < -0.3 is 10.6 Å². The zero-order chi connectivity index (χ0) is 19.3. The molecular formula is C18H21N3O4S. The Balaban J connectivity index is 2.38. The summed E-state index contributed by atoms with van der Waals surface area (Å²) < 4.78 is 26.7. The number of aryl methyl sites for hydroxylation is 1. The van der Waals surface area contributed by atoms with E-state index >= 15 is 0 Å². The molecule has 2 amide bonds. The van der Waals surface area contributed by atoms with Gasteiger partial charge in [-0.25, -0.2) is 13.1 Å². The van der Waals surface area contributed by atoms with E-state index in [4.69, 9.17) is 0 Å². The summed E-state index contributed by atoms with van der Waals surface area (Å²) in [5, 5.41) is 5.19. The average Bonchev–Trinajstić information content (AvgIpc) is 2.61. The predicted molar refractivity (Wildman–Crippen MR) is 99.8 cm³/mol. The lowest BCUT2D eigenvalue weighted by Crippen LogP contribution is -2.24. The van der Waals surface area contributed by atoms with Crippen molar-refractivity contribution in [3.63, 3.8) is 0 Å². The second-order valence-corrected chi connectivity index (χ2v) is 7.32. The molecule has 0 saturated heterocycles. The van der Waals surface area contributed by atoms with Crippen LogP contribution in [-0.4, -0.2) is 33.8 Å². The van der Waals surface area contributed by atoms with Crippen LogP contribution in [0.5, 0.6) is 0 Å². The topological polar surface area (TPSA) is 104 Å². The number of rotatable bonds is 6. The van der Waals surface area contributed by atoms with Crippen LogP contribution in [0.1, 0.15) is 33.2 Å². The fourth-order valence-electron chi connectivity index (χ4n) is 2.40. The van der Waals surface area contributed by atoms with Crippen LogP contribution in [0, 0.1) is 6.92 Å². The van der Waals surface area contributed by atoms with Gasteiger partial charge in [0.05, 0.1) is 16.1 Å². The lowest BCUT2D eigenvalue weighted by Gasteiger charge is -2.13. The number of hydrogen-bond acceptors (Lipinski definition) is 4. The Labute approximate surface area is 152 Å². The number of hydrogen-bond donors (Lipinski definition) is 3. The highest BCUT2D eigenvalue weighted by Crippen LogP contribution is 2.20. The standard InChI is InChI=1S/C18H21N3O4S/c1-4-20-26(24,25)13-10-9-12(2)15(11-13)18(23)21-16-8-6-5-7-14(16)17(22)19-3/h5-11,20H,4H2,1-3H3,(H,19,22)(H,21,23). The van der Waals surface area contributed by atoms with Crippen molar-refractivity contribution in [3.8, 4) is 0 Å². The molecule has 0 heterocycles. The van der Waals surface area contributed by atoms with E-state index in [0.29, 0.717) is 16.8 Å². The highest BCUT2D eigenvalue weighted by molar-refractivity contribution is 7.89. The number of amides is 2. The summed E-state index contributed by atoms with van der Waals surface area (Å²) in [4.78, 5) is 24.6. The number of carbonyl (C=O) groups is 2. The molecule has 0 fully saturated rings. The summed E-state index contributed by atoms with van der Waals surface area (Å²) in [7, 11) is -2.18. The zero-order valence-electron chi connectivity index (χ0n) is 14.8. The molecule has 0 unspecified atom stereocenters. The first-order valence-electron chi connectivity index (χ1n) is 8.03.